The first kappa shape index (κ1) is 27.3. The maximum atomic E-state index is 11.0. The van der Waals surface area contributed by atoms with E-state index in [4.69, 9.17) is 0 Å². The van der Waals surface area contributed by atoms with E-state index in [2.05, 4.69) is 73.6 Å². The van der Waals surface area contributed by atoms with Crippen LogP contribution in [0, 0.1) is 10.8 Å². The Morgan fingerprint density at radius 2 is 0.970 bits per heavy atom. The van der Waals surface area contributed by atoms with Gasteiger partial charge in [-0.05, 0) is 58.1 Å². The fraction of sp³-hybridized carbons (Fsp3) is 0.613. The number of phenolic OH excluding ortho intramolecular Hbond substituents is 2. The maximum absolute atomic E-state index is 11.0. The number of aromatic hydroxyl groups is 2. The molecule has 0 aliphatic rings. The van der Waals surface area contributed by atoms with Crippen molar-refractivity contribution >= 4 is 0 Å². The molecule has 2 aromatic rings. The van der Waals surface area contributed by atoms with Gasteiger partial charge in [-0.3, -0.25) is 0 Å². The quantitative estimate of drug-likeness (QED) is 0.337. The van der Waals surface area contributed by atoms with Crippen molar-refractivity contribution in [3.8, 4) is 11.5 Å². The third-order valence-electron chi connectivity index (χ3n) is 9.24. The Bertz CT molecular complexity index is 885. The molecule has 2 rings (SSSR count). The summed E-state index contributed by atoms with van der Waals surface area (Å²) in [7, 11) is 0. The van der Waals surface area contributed by atoms with E-state index in [1.165, 1.54) is 5.56 Å². The molecule has 0 saturated carbocycles. The van der Waals surface area contributed by atoms with E-state index in [9.17, 15) is 10.2 Å². The van der Waals surface area contributed by atoms with Crippen LogP contribution in [0.25, 0.3) is 0 Å². The fourth-order valence-corrected chi connectivity index (χ4v) is 5.44. The normalized spacial score (nSPS) is 12.8. The van der Waals surface area contributed by atoms with Crippen molar-refractivity contribution in [3.05, 3.63) is 58.7 Å². The molecule has 2 aromatic carbocycles. The lowest BCUT2D eigenvalue weighted by Crippen LogP contribution is -2.23. The summed E-state index contributed by atoms with van der Waals surface area (Å²) in [6.07, 6.45) is 8.50. The largest absolute Gasteiger partial charge is 0.508 e. The van der Waals surface area contributed by atoms with Crippen molar-refractivity contribution in [1.82, 2.24) is 0 Å². The molecule has 2 N–H and O–H groups in total. The van der Waals surface area contributed by atoms with Crippen molar-refractivity contribution in [3.63, 3.8) is 0 Å². The van der Waals surface area contributed by atoms with E-state index in [1.807, 2.05) is 18.2 Å². The SMILES string of the molecule is CCC(CC)(CC)Cc1ccc(C(C)(C)c2ccc(O)c(CC(CC)(CC)CC)c2)cc1O. The average Bonchev–Trinajstić information content (AvgIpc) is 2.83. The first-order valence-corrected chi connectivity index (χ1v) is 13.2. The summed E-state index contributed by atoms with van der Waals surface area (Å²) in [5.41, 5.74) is 4.56. The Morgan fingerprint density at radius 1 is 0.545 bits per heavy atom. The van der Waals surface area contributed by atoms with Gasteiger partial charge in [-0.2, -0.15) is 0 Å². The molecule has 0 aromatic heterocycles. The minimum absolute atomic E-state index is 0.227. The standard InChI is InChI=1S/C31H48O2/c1-9-30(10-2,11-3)21-23-15-16-26(20-28(23)33)29(7,8)25-17-18-27(32)24(19-25)22-31(12-4,13-5)14-6/h15-20,32-33H,9-14,21-22H2,1-8H3. The molecule has 184 valence electrons. The molecule has 0 aliphatic carbocycles. The molecular formula is C31H48O2. The van der Waals surface area contributed by atoms with Gasteiger partial charge in [-0.15, -0.1) is 0 Å². The number of benzene rings is 2. The lowest BCUT2D eigenvalue weighted by molar-refractivity contribution is 0.245. The van der Waals surface area contributed by atoms with Gasteiger partial charge in [0.05, 0.1) is 0 Å². The van der Waals surface area contributed by atoms with Crippen LogP contribution in [0.15, 0.2) is 36.4 Å². The molecule has 0 atom stereocenters. The zero-order chi connectivity index (χ0) is 24.9. The van der Waals surface area contributed by atoms with Crippen LogP contribution in [-0.2, 0) is 18.3 Å². The van der Waals surface area contributed by atoms with Gasteiger partial charge in [0, 0.05) is 5.41 Å². The fourth-order valence-electron chi connectivity index (χ4n) is 5.44. The molecule has 0 bridgehead atoms. The second-order valence-corrected chi connectivity index (χ2v) is 10.8. The lowest BCUT2D eigenvalue weighted by atomic mass is 9.72. The summed E-state index contributed by atoms with van der Waals surface area (Å²) >= 11 is 0. The zero-order valence-corrected chi connectivity index (χ0v) is 22.5. The van der Waals surface area contributed by atoms with Crippen LogP contribution in [0.5, 0.6) is 11.5 Å². The summed E-state index contributed by atoms with van der Waals surface area (Å²) in [6.45, 7) is 18.0. The molecule has 33 heavy (non-hydrogen) atoms. The van der Waals surface area contributed by atoms with E-state index in [1.54, 1.807) is 0 Å². The van der Waals surface area contributed by atoms with E-state index >= 15 is 0 Å². The van der Waals surface area contributed by atoms with Gasteiger partial charge in [0.1, 0.15) is 11.5 Å². The molecule has 0 heterocycles. The van der Waals surface area contributed by atoms with E-state index in [0.717, 1.165) is 68.1 Å². The van der Waals surface area contributed by atoms with Crippen molar-refractivity contribution in [2.75, 3.05) is 0 Å². The summed E-state index contributed by atoms with van der Waals surface area (Å²) in [6, 6.07) is 12.3. The van der Waals surface area contributed by atoms with Crippen molar-refractivity contribution in [2.45, 2.75) is 112 Å². The highest BCUT2D eigenvalue weighted by atomic mass is 16.3. The average molecular weight is 453 g/mol. The molecular weight excluding hydrogens is 404 g/mol. The predicted octanol–water partition coefficient (Wildman–Crippen LogP) is 8.94. The van der Waals surface area contributed by atoms with Gasteiger partial charge in [0.15, 0.2) is 0 Å². The second kappa shape index (κ2) is 11.0. The molecule has 2 nitrogen and oxygen atoms in total. The van der Waals surface area contributed by atoms with Crippen LogP contribution >= 0.6 is 0 Å². The smallest absolute Gasteiger partial charge is 0.119 e. The third kappa shape index (κ3) is 5.76. The molecule has 0 spiro atoms. The monoisotopic (exact) mass is 452 g/mol. The molecule has 0 aliphatic heterocycles. The van der Waals surface area contributed by atoms with Crippen molar-refractivity contribution < 1.29 is 10.2 Å². The molecule has 2 heteroatoms. The minimum atomic E-state index is -0.275. The Balaban J connectivity index is 2.41. The first-order chi connectivity index (χ1) is 15.6. The number of phenols is 2. The maximum Gasteiger partial charge on any atom is 0.119 e. The Hall–Kier alpha value is -1.96. The highest BCUT2D eigenvalue weighted by Gasteiger charge is 2.30. The molecule has 0 saturated heterocycles. The van der Waals surface area contributed by atoms with Crippen LogP contribution < -0.4 is 0 Å². The summed E-state index contributed by atoms with van der Waals surface area (Å²) in [5, 5.41) is 21.6. The predicted molar refractivity (Wildman–Crippen MR) is 142 cm³/mol. The van der Waals surface area contributed by atoms with Gasteiger partial charge in [-0.1, -0.05) is 118 Å². The lowest BCUT2D eigenvalue weighted by Gasteiger charge is -2.33. The van der Waals surface area contributed by atoms with Gasteiger partial charge in [0.25, 0.3) is 0 Å². The molecule has 0 fully saturated rings. The van der Waals surface area contributed by atoms with Crippen LogP contribution in [0.4, 0.5) is 0 Å². The van der Waals surface area contributed by atoms with Gasteiger partial charge in [-0.25, -0.2) is 0 Å². The summed E-state index contributed by atoms with van der Waals surface area (Å²) < 4.78 is 0. The van der Waals surface area contributed by atoms with E-state index < -0.39 is 0 Å². The van der Waals surface area contributed by atoms with Gasteiger partial charge in [0.2, 0.25) is 0 Å². The van der Waals surface area contributed by atoms with Crippen LogP contribution in [0.3, 0.4) is 0 Å². The topological polar surface area (TPSA) is 40.5 Å². The highest BCUT2D eigenvalue weighted by Crippen LogP contribution is 2.42. The van der Waals surface area contributed by atoms with Crippen LogP contribution in [-0.4, -0.2) is 10.2 Å². The van der Waals surface area contributed by atoms with Crippen molar-refractivity contribution in [1.29, 1.82) is 0 Å². The Labute approximate surface area is 203 Å². The molecule has 0 radical (unpaired) electrons. The number of hydrogen-bond donors (Lipinski definition) is 2. The number of rotatable bonds is 12. The first-order valence-electron chi connectivity index (χ1n) is 13.2. The van der Waals surface area contributed by atoms with Gasteiger partial charge < -0.3 is 10.2 Å². The van der Waals surface area contributed by atoms with E-state index in [-0.39, 0.29) is 16.2 Å². The van der Waals surface area contributed by atoms with Crippen molar-refractivity contribution in [2.24, 2.45) is 10.8 Å². The van der Waals surface area contributed by atoms with Crippen LogP contribution in [0.2, 0.25) is 0 Å². The minimum Gasteiger partial charge on any atom is -0.508 e. The highest BCUT2D eigenvalue weighted by molar-refractivity contribution is 5.47. The zero-order valence-electron chi connectivity index (χ0n) is 22.5. The Kier molecular flexibility index (Phi) is 9.08. The van der Waals surface area contributed by atoms with Crippen LogP contribution in [0.1, 0.15) is 116 Å². The third-order valence-corrected chi connectivity index (χ3v) is 9.24. The van der Waals surface area contributed by atoms with E-state index in [0.29, 0.717) is 11.5 Å². The van der Waals surface area contributed by atoms with Gasteiger partial charge >= 0.3 is 0 Å². The Morgan fingerprint density at radius 3 is 1.42 bits per heavy atom. The molecule has 0 unspecified atom stereocenters. The summed E-state index contributed by atoms with van der Waals surface area (Å²) in [4.78, 5) is 0. The molecule has 0 amide bonds. The second-order valence-electron chi connectivity index (χ2n) is 10.8. The summed E-state index contributed by atoms with van der Waals surface area (Å²) in [5.74, 6) is 0.795. The number of hydrogen-bond acceptors (Lipinski definition) is 2.